The van der Waals surface area contributed by atoms with E-state index in [1.807, 2.05) is 16.7 Å². The molecule has 6 heteroatoms. The Morgan fingerprint density at radius 2 is 2.00 bits per heavy atom. The minimum Gasteiger partial charge on any atom is -0.506 e. The summed E-state index contributed by atoms with van der Waals surface area (Å²) in [7, 11) is 0. The molecule has 1 aliphatic rings. The van der Waals surface area contributed by atoms with E-state index in [9.17, 15) is 10.4 Å². The highest BCUT2D eigenvalue weighted by atomic mass is 35.5. The Hall–Kier alpha value is -2.58. The Balaban J connectivity index is 1.92. The third kappa shape index (κ3) is 3.50. The normalized spacial score (nSPS) is 15.5. The summed E-state index contributed by atoms with van der Waals surface area (Å²) in [5.41, 5.74) is 1.02. The molecule has 0 bridgehead atoms. The van der Waals surface area contributed by atoms with Gasteiger partial charge in [0.25, 0.3) is 0 Å². The van der Waals surface area contributed by atoms with Gasteiger partial charge in [-0.25, -0.2) is 0 Å². The Morgan fingerprint density at radius 1 is 1.21 bits per heavy atom. The minimum absolute atomic E-state index is 0.119. The van der Waals surface area contributed by atoms with E-state index in [1.54, 1.807) is 18.2 Å². The van der Waals surface area contributed by atoms with E-state index in [2.05, 4.69) is 16.3 Å². The number of hydrogen-bond acceptors (Lipinski definition) is 4. The molecule has 1 aromatic heterocycles. The van der Waals surface area contributed by atoms with Gasteiger partial charge in [0.1, 0.15) is 23.2 Å². The van der Waals surface area contributed by atoms with E-state index in [1.165, 1.54) is 6.08 Å². The first-order valence-corrected chi connectivity index (χ1v) is 8.26. The van der Waals surface area contributed by atoms with Crippen LogP contribution in [-0.2, 0) is 13.0 Å². The number of fused-ring (bicyclic) bond motifs is 1. The first-order valence-electron chi connectivity index (χ1n) is 7.88. The van der Waals surface area contributed by atoms with E-state index in [0.717, 1.165) is 43.6 Å². The van der Waals surface area contributed by atoms with Crippen LogP contribution in [0.25, 0.3) is 11.6 Å². The van der Waals surface area contributed by atoms with Gasteiger partial charge in [0.2, 0.25) is 0 Å². The molecule has 0 radical (unpaired) electrons. The molecule has 1 aromatic carbocycles. The van der Waals surface area contributed by atoms with Gasteiger partial charge in [0.15, 0.2) is 5.82 Å². The van der Waals surface area contributed by atoms with Crippen LogP contribution in [0.3, 0.4) is 0 Å². The van der Waals surface area contributed by atoms with Crippen molar-refractivity contribution in [3.63, 3.8) is 0 Å². The highest BCUT2D eigenvalue weighted by Gasteiger charge is 2.19. The smallest absolute Gasteiger partial charge is 0.178 e. The molecule has 5 nitrogen and oxygen atoms in total. The number of rotatable bonds is 3. The minimum atomic E-state index is -0.119. The number of aryl methyl sites for hydroxylation is 1. The number of nitriles is 1. The molecule has 0 fully saturated rings. The van der Waals surface area contributed by atoms with Gasteiger partial charge in [-0.1, -0.05) is 36.2 Å². The van der Waals surface area contributed by atoms with Crippen LogP contribution >= 0.6 is 11.6 Å². The lowest BCUT2D eigenvalue weighted by atomic mass is 10.1. The molecule has 0 atom stereocenters. The summed E-state index contributed by atoms with van der Waals surface area (Å²) in [4.78, 5) is 0. The lowest BCUT2D eigenvalue weighted by Crippen LogP contribution is -2.06. The second-order valence-electron chi connectivity index (χ2n) is 5.66. The number of nitrogens with zero attached hydrogens (tertiary/aromatic N) is 4. The van der Waals surface area contributed by atoms with Gasteiger partial charge in [-0.3, -0.25) is 0 Å². The number of benzene rings is 1. The molecule has 0 amide bonds. The maximum atomic E-state index is 10.3. The second-order valence-corrected chi connectivity index (χ2v) is 6.10. The Morgan fingerprint density at radius 3 is 2.75 bits per heavy atom. The molecule has 2 heterocycles. The summed E-state index contributed by atoms with van der Waals surface area (Å²) in [5, 5.41) is 28.7. The van der Waals surface area contributed by atoms with E-state index in [-0.39, 0.29) is 11.3 Å². The SMILES string of the molecule is N#CC(=C(O)C=Cc1ccc(Cl)cc1)c1nnc2n1CCCCC2. The van der Waals surface area contributed by atoms with Crippen LogP contribution in [0.1, 0.15) is 36.5 Å². The average Bonchev–Trinajstić information content (AvgIpc) is 2.83. The third-order valence-corrected chi connectivity index (χ3v) is 4.26. The van der Waals surface area contributed by atoms with Crippen molar-refractivity contribution in [3.8, 4) is 6.07 Å². The number of hydrogen-bond donors (Lipinski definition) is 1. The van der Waals surface area contributed by atoms with Crippen LogP contribution in [0.4, 0.5) is 0 Å². The summed E-state index contributed by atoms with van der Waals surface area (Å²) in [6, 6.07) is 9.26. The van der Waals surface area contributed by atoms with Crippen molar-refractivity contribution in [2.24, 2.45) is 0 Å². The van der Waals surface area contributed by atoms with Crippen LogP contribution in [0.15, 0.2) is 36.1 Å². The topological polar surface area (TPSA) is 74.7 Å². The summed E-state index contributed by atoms with van der Waals surface area (Å²) in [6.07, 6.45) is 7.32. The second kappa shape index (κ2) is 7.33. The van der Waals surface area contributed by atoms with Gasteiger partial charge < -0.3 is 9.67 Å². The molecule has 1 N–H and O–H groups in total. The molecule has 0 saturated carbocycles. The first kappa shape index (κ1) is 16.3. The van der Waals surface area contributed by atoms with Crippen LogP contribution < -0.4 is 0 Å². The molecule has 0 saturated heterocycles. The molecule has 0 spiro atoms. The number of halogens is 1. The summed E-state index contributed by atoms with van der Waals surface area (Å²) in [5.74, 6) is 1.20. The number of aromatic nitrogens is 3. The van der Waals surface area contributed by atoms with Crippen LogP contribution in [-0.4, -0.2) is 19.9 Å². The van der Waals surface area contributed by atoms with Crippen molar-refractivity contribution < 1.29 is 5.11 Å². The van der Waals surface area contributed by atoms with Gasteiger partial charge in [-0.05, 0) is 36.6 Å². The van der Waals surface area contributed by atoms with Crippen molar-refractivity contribution >= 4 is 23.3 Å². The van der Waals surface area contributed by atoms with E-state index in [0.29, 0.717) is 10.8 Å². The van der Waals surface area contributed by atoms with Crippen molar-refractivity contribution in [2.45, 2.75) is 32.2 Å². The standard InChI is InChI=1S/C18H17ClN4O/c19-14-8-5-13(6-9-14)7-10-16(24)15(12-20)18-22-21-17-4-2-1-3-11-23(17)18/h5-10,24H,1-4,11H2. The monoisotopic (exact) mass is 340 g/mol. The van der Waals surface area contributed by atoms with Crippen LogP contribution in [0.5, 0.6) is 0 Å². The summed E-state index contributed by atoms with van der Waals surface area (Å²) < 4.78 is 1.94. The number of aliphatic hydroxyl groups is 1. The maximum Gasteiger partial charge on any atom is 0.178 e. The quantitative estimate of drug-likeness (QED) is 0.517. The van der Waals surface area contributed by atoms with Crippen molar-refractivity contribution in [3.05, 3.63) is 58.3 Å². The molecule has 24 heavy (non-hydrogen) atoms. The molecule has 0 aliphatic carbocycles. The highest BCUT2D eigenvalue weighted by Crippen LogP contribution is 2.22. The Labute approximate surface area is 145 Å². The van der Waals surface area contributed by atoms with Crippen LogP contribution in [0.2, 0.25) is 5.02 Å². The molecule has 2 aromatic rings. The molecule has 3 rings (SSSR count). The zero-order valence-electron chi connectivity index (χ0n) is 13.1. The zero-order chi connectivity index (χ0) is 16.9. The molecular weight excluding hydrogens is 324 g/mol. The Kier molecular flexibility index (Phi) is 4.97. The van der Waals surface area contributed by atoms with E-state index >= 15 is 0 Å². The van der Waals surface area contributed by atoms with Gasteiger partial charge in [-0.2, -0.15) is 5.26 Å². The largest absolute Gasteiger partial charge is 0.506 e. The summed E-state index contributed by atoms with van der Waals surface area (Å²) in [6.45, 7) is 0.775. The summed E-state index contributed by atoms with van der Waals surface area (Å²) >= 11 is 5.85. The fourth-order valence-corrected chi connectivity index (χ4v) is 2.85. The molecule has 0 unspecified atom stereocenters. The van der Waals surface area contributed by atoms with Crippen molar-refractivity contribution in [1.82, 2.24) is 14.8 Å². The fraction of sp³-hybridized carbons (Fsp3) is 0.278. The van der Waals surface area contributed by atoms with Crippen molar-refractivity contribution in [1.29, 1.82) is 5.26 Å². The fourth-order valence-electron chi connectivity index (χ4n) is 2.72. The Bertz CT molecular complexity index is 828. The first-order chi connectivity index (χ1) is 11.7. The van der Waals surface area contributed by atoms with Gasteiger partial charge in [-0.15, -0.1) is 10.2 Å². The van der Waals surface area contributed by atoms with Gasteiger partial charge in [0, 0.05) is 18.0 Å². The average molecular weight is 341 g/mol. The van der Waals surface area contributed by atoms with Crippen molar-refractivity contribution in [2.75, 3.05) is 0 Å². The maximum absolute atomic E-state index is 10.3. The van der Waals surface area contributed by atoms with Crippen LogP contribution in [0, 0.1) is 11.3 Å². The van der Waals surface area contributed by atoms with E-state index < -0.39 is 0 Å². The molecule has 122 valence electrons. The van der Waals surface area contributed by atoms with E-state index in [4.69, 9.17) is 11.6 Å². The predicted octanol–water partition coefficient (Wildman–Crippen LogP) is 4.16. The van der Waals surface area contributed by atoms with Gasteiger partial charge in [0.05, 0.1) is 0 Å². The molecular formula is C18H17ClN4O. The predicted molar refractivity (Wildman–Crippen MR) is 93.2 cm³/mol. The highest BCUT2D eigenvalue weighted by molar-refractivity contribution is 6.30. The third-order valence-electron chi connectivity index (χ3n) is 4.00. The molecule has 1 aliphatic heterocycles. The zero-order valence-corrected chi connectivity index (χ0v) is 13.9. The number of aliphatic hydroxyl groups excluding tert-OH is 1. The lowest BCUT2D eigenvalue weighted by Gasteiger charge is -2.06. The lowest BCUT2D eigenvalue weighted by molar-refractivity contribution is 0.435. The number of allylic oxidation sites excluding steroid dienone is 2. The van der Waals surface area contributed by atoms with Gasteiger partial charge >= 0.3 is 0 Å².